The van der Waals surface area contributed by atoms with Crippen molar-refractivity contribution in [2.45, 2.75) is 64.8 Å². The predicted molar refractivity (Wildman–Crippen MR) is 74.3 cm³/mol. The van der Waals surface area contributed by atoms with Gasteiger partial charge in [0.25, 0.3) is 0 Å². The lowest BCUT2D eigenvalue weighted by Crippen LogP contribution is -2.41. The van der Waals surface area contributed by atoms with Crippen molar-refractivity contribution in [3.63, 3.8) is 0 Å². The van der Waals surface area contributed by atoms with Crippen molar-refractivity contribution in [1.29, 1.82) is 0 Å². The fraction of sp³-hybridized carbons (Fsp3) is 1.00. The predicted octanol–water partition coefficient (Wildman–Crippen LogP) is 3.61. The van der Waals surface area contributed by atoms with E-state index in [0.29, 0.717) is 6.04 Å². The molecule has 0 heterocycles. The molecule has 0 aliphatic heterocycles. The molecule has 1 aliphatic carbocycles. The van der Waals surface area contributed by atoms with Crippen LogP contribution in [0.5, 0.6) is 0 Å². The van der Waals surface area contributed by atoms with Crippen LogP contribution in [0.2, 0.25) is 0 Å². The van der Waals surface area contributed by atoms with Crippen molar-refractivity contribution in [2.75, 3.05) is 20.3 Å². The molecule has 17 heavy (non-hydrogen) atoms. The van der Waals surface area contributed by atoms with Gasteiger partial charge in [-0.1, -0.05) is 39.5 Å². The average Bonchev–Trinajstić information content (AvgIpc) is 2.36. The van der Waals surface area contributed by atoms with E-state index < -0.39 is 0 Å². The average molecular weight is 241 g/mol. The molecule has 1 saturated carbocycles. The second-order valence-corrected chi connectivity index (χ2v) is 5.59. The molecule has 0 aromatic heterocycles. The van der Waals surface area contributed by atoms with Crippen LogP contribution in [0.15, 0.2) is 0 Å². The Kier molecular flexibility index (Phi) is 7.87. The Hall–Kier alpha value is -0.0800. The molecule has 0 aromatic rings. The second-order valence-electron chi connectivity index (χ2n) is 5.59. The van der Waals surface area contributed by atoms with Crippen molar-refractivity contribution in [3.05, 3.63) is 0 Å². The molecule has 0 radical (unpaired) electrons. The zero-order valence-electron chi connectivity index (χ0n) is 12.0. The lowest BCUT2D eigenvalue weighted by molar-refractivity contribution is 0.115. The first-order chi connectivity index (χ1) is 8.31. The Balaban J connectivity index is 2.31. The Labute approximate surface area is 108 Å². The summed E-state index contributed by atoms with van der Waals surface area (Å²) in [5.74, 6) is 1.85. The molecule has 1 atom stereocenters. The first kappa shape index (κ1) is 15.0. The van der Waals surface area contributed by atoms with Crippen molar-refractivity contribution >= 4 is 0 Å². The highest BCUT2D eigenvalue weighted by Crippen LogP contribution is 2.33. The van der Waals surface area contributed by atoms with Gasteiger partial charge in [0.15, 0.2) is 0 Å². The van der Waals surface area contributed by atoms with E-state index in [0.717, 1.165) is 25.0 Å². The van der Waals surface area contributed by atoms with Gasteiger partial charge in [-0.2, -0.15) is 0 Å². The van der Waals surface area contributed by atoms with E-state index in [4.69, 9.17) is 4.74 Å². The fourth-order valence-electron chi connectivity index (χ4n) is 3.16. The van der Waals surface area contributed by atoms with Crippen LogP contribution in [0, 0.1) is 11.8 Å². The Morgan fingerprint density at radius 1 is 1.12 bits per heavy atom. The van der Waals surface area contributed by atoms with Crippen molar-refractivity contribution in [1.82, 2.24) is 5.32 Å². The molecule has 2 heteroatoms. The zero-order chi connectivity index (χ0) is 12.5. The van der Waals surface area contributed by atoms with Gasteiger partial charge >= 0.3 is 0 Å². The third-order valence-electron chi connectivity index (χ3n) is 4.16. The molecule has 0 amide bonds. The minimum atomic E-state index is 0.586. The number of ether oxygens (including phenoxy) is 1. The second kappa shape index (κ2) is 8.93. The number of hydrogen-bond donors (Lipinski definition) is 1. The summed E-state index contributed by atoms with van der Waals surface area (Å²) in [5, 5.41) is 3.66. The first-order valence-corrected chi connectivity index (χ1v) is 7.54. The summed E-state index contributed by atoms with van der Waals surface area (Å²) in [7, 11) is 1.82. The van der Waals surface area contributed by atoms with Gasteiger partial charge in [-0.15, -0.1) is 0 Å². The molecule has 1 aliphatic rings. The molecular weight excluding hydrogens is 210 g/mol. The normalized spacial score (nSPS) is 27.0. The monoisotopic (exact) mass is 241 g/mol. The van der Waals surface area contributed by atoms with Crippen LogP contribution < -0.4 is 5.32 Å². The topological polar surface area (TPSA) is 21.3 Å². The molecule has 1 fully saturated rings. The lowest BCUT2D eigenvalue weighted by Gasteiger charge is -2.34. The first-order valence-electron chi connectivity index (χ1n) is 7.54. The molecule has 1 rings (SSSR count). The Morgan fingerprint density at radius 3 is 2.35 bits per heavy atom. The fourth-order valence-corrected chi connectivity index (χ4v) is 3.16. The molecule has 0 saturated heterocycles. The standard InChI is InChI=1S/C15H31NO/c1-4-6-13-7-9-14(10-8-13)15(12-17-3)16-11-5-2/h13-16H,4-12H2,1-3H3. The molecule has 1 unspecified atom stereocenters. The third-order valence-corrected chi connectivity index (χ3v) is 4.16. The number of nitrogens with one attached hydrogen (secondary N) is 1. The summed E-state index contributed by atoms with van der Waals surface area (Å²) >= 11 is 0. The number of hydrogen-bond acceptors (Lipinski definition) is 2. The molecule has 2 nitrogen and oxygen atoms in total. The van der Waals surface area contributed by atoms with Crippen LogP contribution in [0.1, 0.15) is 58.8 Å². The van der Waals surface area contributed by atoms with Gasteiger partial charge in [0.05, 0.1) is 6.61 Å². The molecule has 0 aromatic carbocycles. The van der Waals surface area contributed by atoms with Gasteiger partial charge < -0.3 is 10.1 Å². The number of rotatable bonds is 8. The lowest BCUT2D eigenvalue weighted by atomic mass is 9.77. The van der Waals surface area contributed by atoms with E-state index in [2.05, 4.69) is 19.2 Å². The highest BCUT2D eigenvalue weighted by molar-refractivity contribution is 4.81. The van der Waals surface area contributed by atoms with E-state index in [1.54, 1.807) is 0 Å². The number of methoxy groups -OCH3 is 1. The van der Waals surface area contributed by atoms with Crippen molar-refractivity contribution in [2.24, 2.45) is 11.8 Å². The van der Waals surface area contributed by atoms with Gasteiger partial charge in [-0.25, -0.2) is 0 Å². The van der Waals surface area contributed by atoms with Gasteiger partial charge in [0.2, 0.25) is 0 Å². The van der Waals surface area contributed by atoms with Crippen LogP contribution in [-0.4, -0.2) is 26.3 Å². The van der Waals surface area contributed by atoms with Crippen molar-refractivity contribution in [3.8, 4) is 0 Å². The van der Waals surface area contributed by atoms with Gasteiger partial charge in [0.1, 0.15) is 0 Å². The molecule has 1 N–H and O–H groups in total. The van der Waals surface area contributed by atoms with Crippen LogP contribution in [0.3, 0.4) is 0 Å². The van der Waals surface area contributed by atoms with Crippen LogP contribution in [0.25, 0.3) is 0 Å². The molecule has 102 valence electrons. The largest absolute Gasteiger partial charge is 0.383 e. The van der Waals surface area contributed by atoms with E-state index in [1.165, 1.54) is 44.9 Å². The summed E-state index contributed by atoms with van der Waals surface area (Å²) in [5.41, 5.74) is 0. The smallest absolute Gasteiger partial charge is 0.0618 e. The Bertz CT molecular complexity index is 176. The summed E-state index contributed by atoms with van der Waals surface area (Å²) in [6.45, 7) is 6.55. The van der Waals surface area contributed by atoms with E-state index in [9.17, 15) is 0 Å². The van der Waals surface area contributed by atoms with Crippen molar-refractivity contribution < 1.29 is 4.74 Å². The third kappa shape index (κ3) is 5.39. The SMILES string of the molecule is CCCNC(COC)C1CCC(CCC)CC1. The minimum absolute atomic E-state index is 0.586. The maximum atomic E-state index is 5.37. The molecular formula is C15H31NO. The Morgan fingerprint density at radius 2 is 1.82 bits per heavy atom. The summed E-state index contributed by atoms with van der Waals surface area (Å²) in [4.78, 5) is 0. The van der Waals surface area contributed by atoms with Crippen LogP contribution in [0.4, 0.5) is 0 Å². The minimum Gasteiger partial charge on any atom is -0.383 e. The summed E-state index contributed by atoms with van der Waals surface area (Å²) in [6.07, 6.45) is 9.67. The molecule has 0 bridgehead atoms. The van der Waals surface area contributed by atoms with E-state index in [-0.39, 0.29) is 0 Å². The zero-order valence-corrected chi connectivity index (χ0v) is 12.0. The quantitative estimate of drug-likeness (QED) is 0.701. The highest BCUT2D eigenvalue weighted by Gasteiger charge is 2.26. The summed E-state index contributed by atoms with van der Waals surface area (Å²) in [6, 6.07) is 0.586. The van der Waals surface area contributed by atoms with Crippen LogP contribution in [-0.2, 0) is 4.74 Å². The maximum Gasteiger partial charge on any atom is 0.0618 e. The molecule has 0 spiro atoms. The van der Waals surface area contributed by atoms with E-state index in [1.807, 2.05) is 7.11 Å². The van der Waals surface area contributed by atoms with Gasteiger partial charge in [-0.05, 0) is 37.6 Å². The maximum absolute atomic E-state index is 5.37. The highest BCUT2D eigenvalue weighted by atomic mass is 16.5. The van der Waals surface area contributed by atoms with Gasteiger partial charge in [-0.3, -0.25) is 0 Å². The van der Waals surface area contributed by atoms with Gasteiger partial charge in [0, 0.05) is 13.2 Å². The summed E-state index contributed by atoms with van der Waals surface area (Å²) < 4.78 is 5.37. The van der Waals surface area contributed by atoms with E-state index >= 15 is 0 Å². The van der Waals surface area contributed by atoms with Crippen LogP contribution >= 0.6 is 0 Å².